The minimum absolute atomic E-state index is 0.00921. The van der Waals surface area contributed by atoms with Gasteiger partial charge in [0.2, 0.25) is 5.91 Å². The molecule has 0 aromatic heterocycles. The van der Waals surface area contributed by atoms with Crippen LogP contribution in [0.4, 0.5) is 0 Å². The molecule has 3 atom stereocenters. The zero-order valence-electron chi connectivity index (χ0n) is 12.1. The molecule has 1 amide bonds. The van der Waals surface area contributed by atoms with E-state index in [4.69, 9.17) is 0 Å². The van der Waals surface area contributed by atoms with E-state index >= 15 is 0 Å². The lowest BCUT2D eigenvalue weighted by atomic mass is 9.94. The monoisotopic (exact) mass is 282 g/mol. The van der Waals surface area contributed by atoms with Gasteiger partial charge in [-0.05, 0) is 32.2 Å². The molecule has 5 nitrogen and oxygen atoms in total. The molecule has 5 heteroatoms. The highest BCUT2D eigenvalue weighted by atomic mass is 16.4. The number of aliphatic carboxylic acids is 1. The van der Waals surface area contributed by atoms with E-state index in [2.05, 4.69) is 10.6 Å². The lowest BCUT2D eigenvalue weighted by molar-refractivity contribution is -0.143. The van der Waals surface area contributed by atoms with Crippen LogP contribution in [0.3, 0.4) is 0 Å². The minimum atomic E-state index is -0.772. The minimum Gasteiger partial charge on any atom is -0.481 e. The summed E-state index contributed by atoms with van der Waals surface area (Å²) in [6.07, 6.45) is 8.70. The predicted octanol–water partition coefficient (Wildman–Crippen LogP) is 1.67. The Hall–Kier alpha value is -1.10. The summed E-state index contributed by atoms with van der Waals surface area (Å²) in [7, 11) is 0. The molecule has 0 radical (unpaired) electrons. The van der Waals surface area contributed by atoms with Gasteiger partial charge < -0.3 is 15.7 Å². The third-order valence-electron chi connectivity index (χ3n) is 4.54. The van der Waals surface area contributed by atoms with E-state index in [1.54, 1.807) is 0 Å². The van der Waals surface area contributed by atoms with E-state index in [-0.39, 0.29) is 18.0 Å². The molecule has 3 unspecified atom stereocenters. The molecule has 2 aliphatic rings. The van der Waals surface area contributed by atoms with Crippen LogP contribution in [-0.4, -0.2) is 35.6 Å². The zero-order chi connectivity index (χ0) is 14.4. The molecule has 0 aromatic rings. The number of hydrogen-bond acceptors (Lipinski definition) is 3. The molecule has 0 spiro atoms. The van der Waals surface area contributed by atoms with Gasteiger partial charge in [0, 0.05) is 6.04 Å². The van der Waals surface area contributed by atoms with Crippen LogP contribution in [0.1, 0.15) is 57.8 Å². The summed E-state index contributed by atoms with van der Waals surface area (Å²) < 4.78 is 0. The number of carbonyl (C=O) groups is 2. The molecule has 0 aromatic carbocycles. The van der Waals surface area contributed by atoms with Gasteiger partial charge >= 0.3 is 5.97 Å². The van der Waals surface area contributed by atoms with E-state index in [1.807, 2.05) is 0 Å². The summed E-state index contributed by atoms with van der Waals surface area (Å²) in [5.74, 6) is -1.21. The first kappa shape index (κ1) is 15.3. The van der Waals surface area contributed by atoms with Gasteiger partial charge in [0.1, 0.15) is 0 Å². The molecule has 3 N–H and O–H groups in total. The van der Waals surface area contributed by atoms with Crippen LogP contribution in [0.2, 0.25) is 0 Å². The Balaban J connectivity index is 1.94. The molecular formula is C15H26N2O3. The van der Waals surface area contributed by atoms with Gasteiger partial charge in [-0.2, -0.15) is 0 Å². The Morgan fingerprint density at radius 2 is 1.65 bits per heavy atom. The maximum absolute atomic E-state index is 12.3. The molecule has 20 heavy (non-hydrogen) atoms. The molecule has 1 aliphatic carbocycles. The van der Waals surface area contributed by atoms with E-state index in [9.17, 15) is 14.7 Å². The summed E-state index contributed by atoms with van der Waals surface area (Å²) in [4.78, 5) is 23.7. The first-order valence-electron chi connectivity index (χ1n) is 7.95. The van der Waals surface area contributed by atoms with Gasteiger partial charge in [-0.25, -0.2) is 0 Å². The number of carboxylic acid groups (broad SMARTS) is 1. The van der Waals surface area contributed by atoms with E-state index in [0.717, 1.165) is 57.9 Å². The number of carboxylic acids is 1. The highest BCUT2D eigenvalue weighted by Gasteiger charge is 2.32. The average Bonchev–Trinajstić information content (AvgIpc) is 2.80. The Morgan fingerprint density at radius 1 is 0.950 bits per heavy atom. The molecule has 1 saturated carbocycles. The Bertz CT molecular complexity index is 338. The molecule has 2 fully saturated rings. The smallest absolute Gasteiger partial charge is 0.308 e. The van der Waals surface area contributed by atoms with Gasteiger partial charge in [-0.1, -0.05) is 32.1 Å². The first-order valence-corrected chi connectivity index (χ1v) is 7.95. The fourth-order valence-electron chi connectivity index (χ4n) is 3.31. The van der Waals surface area contributed by atoms with Crippen LogP contribution < -0.4 is 10.6 Å². The van der Waals surface area contributed by atoms with Crippen molar-refractivity contribution < 1.29 is 14.7 Å². The van der Waals surface area contributed by atoms with Crippen LogP contribution in [0.5, 0.6) is 0 Å². The zero-order valence-corrected chi connectivity index (χ0v) is 12.1. The van der Waals surface area contributed by atoms with Crippen molar-refractivity contribution in [3.63, 3.8) is 0 Å². The quantitative estimate of drug-likeness (QED) is 0.688. The van der Waals surface area contributed by atoms with Crippen molar-refractivity contribution in [2.45, 2.75) is 69.9 Å². The number of amides is 1. The first-order chi connectivity index (χ1) is 9.68. The number of nitrogens with one attached hydrogen (secondary N) is 2. The fraction of sp³-hybridized carbons (Fsp3) is 0.867. The second-order valence-electron chi connectivity index (χ2n) is 6.05. The van der Waals surface area contributed by atoms with Crippen LogP contribution in [0.25, 0.3) is 0 Å². The maximum atomic E-state index is 12.3. The summed E-state index contributed by atoms with van der Waals surface area (Å²) in [5, 5.41) is 15.6. The normalized spacial score (nSPS) is 31.9. The van der Waals surface area contributed by atoms with Gasteiger partial charge in [-0.15, -0.1) is 0 Å². The van der Waals surface area contributed by atoms with Gasteiger partial charge in [0.15, 0.2) is 0 Å². The van der Waals surface area contributed by atoms with Gasteiger partial charge in [-0.3, -0.25) is 9.59 Å². The number of hydrogen-bond donors (Lipinski definition) is 3. The van der Waals surface area contributed by atoms with Crippen molar-refractivity contribution in [3.05, 3.63) is 0 Å². The van der Waals surface area contributed by atoms with E-state index < -0.39 is 11.9 Å². The van der Waals surface area contributed by atoms with Gasteiger partial charge in [0.25, 0.3) is 0 Å². The topological polar surface area (TPSA) is 78.4 Å². The van der Waals surface area contributed by atoms with Crippen molar-refractivity contribution in [1.29, 1.82) is 0 Å². The lowest BCUT2D eigenvalue weighted by Crippen LogP contribution is -2.50. The SMILES string of the molecule is O=C(NC1CCCCCC1C(=O)O)C1CCCCCN1. The highest BCUT2D eigenvalue weighted by Crippen LogP contribution is 2.24. The number of rotatable bonds is 3. The maximum Gasteiger partial charge on any atom is 0.308 e. The largest absolute Gasteiger partial charge is 0.481 e. The third-order valence-corrected chi connectivity index (χ3v) is 4.54. The lowest BCUT2D eigenvalue weighted by Gasteiger charge is -2.25. The molecule has 0 bridgehead atoms. The van der Waals surface area contributed by atoms with Crippen LogP contribution in [0, 0.1) is 5.92 Å². The number of carbonyl (C=O) groups excluding carboxylic acids is 1. The van der Waals surface area contributed by atoms with Crippen LogP contribution in [0.15, 0.2) is 0 Å². The summed E-state index contributed by atoms with van der Waals surface area (Å²) >= 11 is 0. The van der Waals surface area contributed by atoms with Crippen LogP contribution >= 0.6 is 0 Å². The Morgan fingerprint density at radius 3 is 2.45 bits per heavy atom. The molecule has 1 heterocycles. The Kier molecular flexibility index (Phi) is 5.83. The molecule has 2 rings (SSSR count). The summed E-state index contributed by atoms with van der Waals surface area (Å²) in [6, 6.07) is -0.345. The standard InChI is InChI=1S/C15H26N2O3/c18-14(13-9-5-2-6-10-16-13)17-12-8-4-1-3-7-11(12)15(19)20/h11-13,16H,1-10H2,(H,17,18)(H,19,20). The molecule has 114 valence electrons. The molecular weight excluding hydrogens is 256 g/mol. The average molecular weight is 282 g/mol. The molecule has 1 saturated heterocycles. The van der Waals surface area contributed by atoms with E-state index in [0.29, 0.717) is 6.42 Å². The van der Waals surface area contributed by atoms with Crippen molar-refractivity contribution in [2.75, 3.05) is 6.54 Å². The molecule has 1 aliphatic heterocycles. The van der Waals surface area contributed by atoms with Crippen molar-refractivity contribution >= 4 is 11.9 Å². The summed E-state index contributed by atoms with van der Waals surface area (Å²) in [6.45, 7) is 0.880. The third kappa shape index (κ3) is 4.20. The highest BCUT2D eigenvalue weighted by molar-refractivity contribution is 5.83. The van der Waals surface area contributed by atoms with Crippen LogP contribution in [-0.2, 0) is 9.59 Å². The second-order valence-corrected chi connectivity index (χ2v) is 6.05. The van der Waals surface area contributed by atoms with Crippen molar-refractivity contribution in [1.82, 2.24) is 10.6 Å². The van der Waals surface area contributed by atoms with Crippen molar-refractivity contribution in [3.8, 4) is 0 Å². The summed E-state index contributed by atoms with van der Waals surface area (Å²) in [5.41, 5.74) is 0. The van der Waals surface area contributed by atoms with Crippen molar-refractivity contribution in [2.24, 2.45) is 5.92 Å². The fourth-order valence-corrected chi connectivity index (χ4v) is 3.31. The van der Waals surface area contributed by atoms with Gasteiger partial charge in [0.05, 0.1) is 12.0 Å². The van der Waals surface area contributed by atoms with E-state index in [1.165, 1.54) is 0 Å². The predicted molar refractivity (Wildman–Crippen MR) is 76.4 cm³/mol. The second kappa shape index (κ2) is 7.62. The Labute approximate surface area is 120 Å².